The van der Waals surface area contributed by atoms with Crippen LogP contribution >= 0.6 is 0 Å². The van der Waals surface area contributed by atoms with E-state index in [2.05, 4.69) is 5.32 Å². The van der Waals surface area contributed by atoms with Crippen LogP contribution in [0.2, 0.25) is 0 Å². The average molecular weight is 435 g/mol. The van der Waals surface area contributed by atoms with E-state index in [9.17, 15) is 13.2 Å². The summed E-state index contributed by atoms with van der Waals surface area (Å²) in [6.07, 6.45) is 3.08. The van der Waals surface area contributed by atoms with Gasteiger partial charge in [-0.2, -0.15) is 4.31 Å². The van der Waals surface area contributed by atoms with Crippen molar-refractivity contribution in [3.63, 3.8) is 0 Å². The van der Waals surface area contributed by atoms with Crippen LogP contribution < -0.4 is 5.32 Å². The fourth-order valence-electron chi connectivity index (χ4n) is 3.80. The Kier molecular flexibility index (Phi) is 6.49. The van der Waals surface area contributed by atoms with Gasteiger partial charge in [-0.1, -0.05) is 61.0 Å². The molecule has 1 aliphatic rings. The number of carbonyl (C=O) groups is 1. The highest BCUT2D eigenvalue weighted by Crippen LogP contribution is 2.22. The fourth-order valence-corrected chi connectivity index (χ4v) is 5.32. The van der Waals surface area contributed by atoms with Crippen LogP contribution in [0.3, 0.4) is 0 Å². The van der Waals surface area contributed by atoms with Gasteiger partial charge in [0.1, 0.15) is 0 Å². The molecule has 3 aromatic rings. The number of benzene rings is 3. The maximum atomic E-state index is 12.7. The van der Waals surface area contributed by atoms with Crippen LogP contribution in [0.4, 0.5) is 5.69 Å². The number of anilines is 1. The van der Waals surface area contributed by atoms with Gasteiger partial charge in [-0.3, -0.25) is 4.79 Å². The van der Waals surface area contributed by atoms with Crippen LogP contribution in [0.1, 0.15) is 24.8 Å². The summed E-state index contributed by atoms with van der Waals surface area (Å²) in [6, 6.07) is 24.4. The lowest BCUT2D eigenvalue weighted by Gasteiger charge is -2.25. The van der Waals surface area contributed by atoms with Crippen molar-refractivity contribution in [1.29, 1.82) is 0 Å². The van der Waals surface area contributed by atoms with Crippen LogP contribution in [0.15, 0.2) is 83.8 Å². The number of nitrogens with one attached hydrogen (secondary N) is 1. The number of piperidine rings is 1. The topological polar surface area (TPSA) is 66.5 Å². The average Bonchev–Trinajstić information content (AvgIpc) is 2.81. The summed E-state index contributed by atoms with van der Waals surface area (Å²) in [7, 11) is -3.45. The summed E-state index contributed by atoms with van der Waals surface area (Å²) in [4.78, 5) is 12.7. The molecule has 0 bridgehead atoms. The molecule has 4 rings (SSSR count). The van der Waals surface area contributed by atoms with E-state index in [1.165, 1.54) is 0 Å². The minimum Gasteiger partial charge on any atom is -0.326 e. The summed E-state index contributed by atoms with van der Waals surface area (Å²) in [6.45, 7) is 1.16. The monoisotopic (exact) mass is 434 g/mol. The molecule has 0 spiro atoms. The van der Waals surface area contributed by atoms with Crippen LogP contribution in [0, 0.1) is 0 Å². The normalized spacial score (nSPS) is 14.8. The molecule has 1 aliphatic heterocycles. The highest BCUT2D eigenvalue weighted by atomic mass is 32.2. The predicted molar refractivity (Wildman–Crippen MR) is 123 cm³/mol. The van der Waals surface area contributed by atoms with Crippen LogP contribution in [-0.4, -0.2) is 31.7 Å². The second-order valence-electron chi connectivity index (χ2n) is 7.78. The van der Waals surface area contributed by atoms with Gasteiger partial charge >= 0.3 is 0 Å². The molecular weight excluding hydrogens is 408 g/mol. The Bertz CT molecular complexity index is 1120. The van der Waals surface area contributed by atoms with E-state index in [0.717, 1.165) is 41.6 Å². The lowest BCUT2D eigenvalue weighted by Crippen LogP contribution is -2.35. The first kappa shape index (κ1) is 21.3. The quantitative estimate of drug-likeness (QED) is 0.611. The molecular formula is C25H26N2O3S. The number of amides is 1. The molecule has 1 saturated heterocycles. The second-order valence-corrected chi connectivity index (χ2v) is 9.71. The summed E-state index contributed by atoms with van der Waals surface area (Å²) < 4.78 is 27.0. The van der Waals surface area contributed by atoms with Crippen molar-refractivity contribution < 1.29 is 13.2 Å². The molecule has 1 heterocycles. The SMILES string of the molecule is O=C(Cc1ccc(S(=O)(=O)N2CCCCC2)cc1)Nc1ccc(-c2ccccc2)cc1. The zero-order valence-electron chi connectivity index (χ0n) is 17.3. The Morgan fingerprint density at radius 2 is 1.39 bits per heavy atom. The molecule has 31 heavy (non-hydrogen) atoms. The highest BCUT2D eigenvalue weighted by molar-refractivity contribution is 7.89. The van der Waals surface area contributed by atoms with Crippen molar-refractivity contribution in [3.05, 3.63) is 84.4 Å². The Hall–Kier alpha value is -2.96. The van der Waals surface area contributed by atoms with E-state index >= 15 is 0 Å². The molecule has 6 heteroatoms. The summed E-state index contributed by atoms with van der Waals surface area (Å²) in [5.41, 5.74) is 3.72. The van der Waals surface area contributed by atoms with Gasteiger partial charge in [-0.25, -0.2) is 8.42 Å². The minimum atomic E-state index is -3.45. The highest BCUT2D eigenvalue weighted by Gasteiger charge is 2.25. The molecule has 1 fully saturated rings. The van der Waals surface area contributed by atoms with Gasteiger partial charge in [-0.15, -0.1) is 0 Å². The lowest BCUT2D eigenvalue weighted by atomic mass is 10.1. The largest absolute Gasteiger partial charge is 0.326 e. The van der Waals surface area contributed by atoms with Gasteiger partial charge in [0.15, 0.2) is 0 Å². The zero-order valence-corrected chi connectivity index (χ0v) is 18.1. The van der Waals surface area contributed by atoms with Crippen molar-refractivity contribution >= 4 is 21.6 Å². The van der Waals surface area contributed by atoms with Gasteiger partial charge in [0.05, 0.1) is 11.3 Å². The number of hydrogen-bond donors (Lipinski definition) is 1. The predicted octanol–water partition coefficient (Wildman–Crippen LogP) is 4.71. The van der Waals surface area contributed by atoms with Crippen LogP contribution in [-0.2, 0) is 21.2 Å². The number of rotatable bonds is 6. The summed E-state index contributed by atoms with van der Waals surface area (Å²) in [5.74, 6) is -0.140. The lowest BCUT2D eigenvalue weighted by molar-refractivity contribution is -0.115. The second kappa shape index (κ2) is 9.45. The molecule has 1 amide bonds. The van der Waals surface area contributed by atoms with Gasteiger partial charge in [0, 0.05) is 18.8 Å². The molecule has 1 N–H and O–H groups in total. The Labute approximate surface area is 183 Å². The van der Waals surface area contributed by atoms with Crippen LogP contribution in [0.5, 0.6) is 0 Å². The van der Waals surface area contributed by atoms with Crippen molar-refractivity contribution in [2.24, 2.45) is 0 Å². The summed E-state index contributed by atoms with van der Waals surface area (Å²) >= 11 is 0. The van der Waals surface area contributed by atoms with Crippen molar-refractivity contribution in [3.8, 4) is 11.1 Å². The zero-order chi connectivity index (χ0) is 21.7. The number of hydrogen-bond acceptors (Lipinski definition) is 3. The third-order valence-corrected chi connectivity index (χ3v) is 7.43. The van der Waals surface area contributed by atoms with Gasteiger partial charge in [-0.05, 0) is 53.8 Å². The number of sulfonamides is 1. The van der Waals surface area contributed by atoms with E-state index in [1.54, 1.807) is 28.6 Å². The standard InChI is InChI=1S/C25H26N2O3S/c28-25(26-23-13-11-22(12-14-23)21-7-3-1-4-8-21)19-20-9-15-24(16-10-20)31(29,30)27-17-5-2-6-18-27/h1,3-4,7-16H,2,5-6,17-19H2,(H,26,28). The van der Waals surface area contributed by atoms with Crippen LogP contribution in [0.25, 0.3) is 11.1 Å². The maximum Gasteiger partial charge on any atom is 0.243 e. The molecule has 3 aromatic carbocycles. The molecule has 0 saturated carbocycles. The van der Waals surface area contributed by atoms with E-state index in [1.807, 2.05) is 54.6 Å². The minimum absolute atomic E-state index is 0.140. The molecule has 5 nitrogen and oxygen atoms in total. The number of carbonyl (C=O) groups excluding carboxylic acids is 1. The smallest absolute Gasteiger partial charge is 0.243 e. The van der Waals surface area contributed by atoms with Crippen molar-refractivity contribution in [2.75, 3.05) is 18.4 Å². The molecule has 0 aliphatic carbocycles. The van der Waals surface area contributed by atoms with E-state index < -0.39 is 10.0 Å². The number of nitrogens with zero attached hydrogens (tertiary/aromatic N) is 1. The Morgan fingerprint density at radius 3 is 2.03 bits per heavy atom. The molecule has 0 atom stereocenters. The van der Waals surface area contributed by atoms with Gasteiger partial charge < -0.3 is 5.32 Å². The Balaban J connectivity index is 1.36. The van der Waals surface area contributed by atoms with Gasteiger partial charge in [0.2, 0.25) is 15.9 Å². The molecule has 0 aromatic heterocycles. The first-order valence-electron chi connectivity index (χ1n) is 10.6. The van der Waals surface area contributed by atoms with Gasteiger partial charge in [0.25, 0.3) is 0 Å². The third-order valence-electron chi connectivity index (χ3n) is 5.52. The molecule has 0 radical (unpaired) electrons. The maximum absolute atomic E-state index is 12.7. The van der Waals surface area contributed by atoms with Crippen molar-refractivity contribution in [2.45, 2.75) is 30.6 Å². The first-order valence-corrected chi connectivity index (χ1v) is 12.0. The van der Waals surface area contributed by atoms with Crippen molar-refractivity contribution in [1.82, 2.24) is 4.31 Å². The van der Waals surface area contributed by atoms with E-state index in [-0.39, 0.29) is 17.2 Å². The fraction of sp³-hybridized carbons (Fsp3) is 0.240. The molecule has 0 unspecified atom stereocenters. The van der Waals surface area contributed by atoms with E-state index in [4.69, 9.17) is 0 Å². The molecule has 160 valence electrons. The first-order chi connectivity index (χ1) is 15.0. The summed E-state index contributed by atoms with van der Waals surface area (Å²) in [5, 5.41) is 2.90. The van der Waals surface area contributed by atoms with E-state index in [0.29, 0.717) is 13.1 Å². The Morgan fingerprint density at radius 1 is 0.774 bits per heavy atom. The third kappa shape index (κ3) is 5.21.